The van der Waals surface area contributed by atoms with E-state index in [2.05, 4.69) is 5.32 Å². The molecule has 2 N–H and O–H groups in total. The molecule has 3 aromatic carbocycles. The van der Waals surface area contributed by atoms with E-state index in [1.54, 1.807) is 75.2 Å². The van der Waals surface area contributed by atoms with Gasteiger partial charge in [-0.3, -0.25) is 19.3 Å². The minimum atomic E-state index is -1.27. The predicted octanol–water partition coefficient (Wildman–Crippen LogP) is 4.86. The summed E-state index contributed by atoms with van der Waals surface area (Å²) in [5, 5.41) is 13.9. The quantitative estimate of drug-likeness (QED) is 0.242. The van der Waals surface area contributed by atoms with Gasteiger partial charge in [0.1, 0.15) is 6.04 Å². The van der Waals surface area contributed by atoms with Crippen molar-refractivity contribution in [3.8, 4) is 0 Å². The Balaban J connectivity index is 1.56. The number of hydrogen-bond acceptors (Lipinski definition) is 9. The molecule has 0 spiro atoms. The number of aliphatic hydroxyl groups is 1. The van der Waals surface area contributed by atoms with Gasteiger partial charge in [0.25, 0.3) is 11.8 Å². The molecule has 2 atom stereocenters. The minimum absolute atomic E-state index is 0.0161. The average Bonchev–Trinajstić information content (AvgIpc) is 2.99. The molecule has 1 aliphatic rings. The molecule has 13 heteroatoms. The number of rotatable bonds is 9. The average molecular weight is 672 g/mol. The molecule has 1 aliphatic heterocycles. The second-order valence-corrected chi connectivity index (χ2v) is 12.8. The van der Waals surface area contributed by atoms with E-state index < -0.39 is 42.4 Å². The largest absolute Gasteiger partial charge is 0.427 e. The Morgan fingerprint density at radius 1 is 1.00 bits per heavy atom. The second-order valence-electron chi connectivity index (χ2n) is 12.0. The number of fused-ring (bicyclic) bond motifs is 1. The molecule has 3 aromatic rings. The molecule has 4 rings (SSSR count). The third-order valence-electron chi connectivity index (χ3n) is 7.34. The van der Waals surface area contributed by atoms with Gasteiger partial charge in [-0.25, -0.2) is 4.79 Å². The molecule has 244 valence electrons. The van der Waals surface area contributed by atoms with Crippen LogP contribution in [0.25, 0.3) is 0 Å². The van der Waals surface area contributed by atoms with Crippen LogP contribution in [0.15, 0.2) is 60.7 Å². The highest BCUT2D eigenvalue weighted by Gasteiger charge is 2.36. The zero-order valence-electron chi connectivity index (χ0n) is 26.3. The van der Waals surface area contributed by atoms with Crippen LogP contribution < -0.4 is 20.0 Å². The molecule has 0 saturated carbocycles. The molecule has 2 amide bonds. The van der Waals surface area contributed by atoms with Crippen molar-refractivity contribution in [3.63, 3.8) is 0 Å². The maximum Gasteiger partial charge on any atom is 0.331 e. The van der Waals surface area contributed by atoms with E-state index in [9.17, 15) is 24.3 Å². The molecule has 0 fully saturated rings. The van der Waals surface area contributed by atoms with Gasteiger partial charge in [0.05, 0.1) is 32.3 Å². The van der Waals surface area contributed by atoms with Crippen molar-refractivity contribution in [2.24, 2.45) is 5.41 Å². The number of ether oxygens (including phenoxy) is 2. The number of amides is 2. The van der Waals surface area contributed by atoms with Crippen LogP contribution in [0.3, 0.4) is 0 Å². The number of hydrogen-bond donors (Lipinski definition) is 2. The summed E-state index contributed by atoms with van der Waals surface area (Å²) in [5.41, 5.74) is 2.03. The molecule has 1 heterocycles. The monoisotopic (exact) mass is 670 g/mol. The van der Waals surface area contributed by atoms with Crippen LogP contribution in [-0.2, 0) is 25.5 Å². The van der Waals surface area contributed by atoms with E-state index in [4.69, 9.17) is 32.7 Å². The summed E-state index contributed by atoms with van der Waals surface area (Å²) in [7, 11) is 5.43. The van der Waals surface area contributed by atoms with Gasteiger partial charge in [-0.1, -0.05) is 41.4 Å². The Morgan fingerprint density at radius 3 is 2.22 bits per heavy atom. The van der Waals surface area contributed by atoms with Gasteiger partial charge in [-0.05, 0) is 68.8 Å². The van der Waals surface area contributed by atoms with Gasteiger partial charge < -0.3 is 29.7 Å². The first kappa shape index (κ1) is 34.6. The Kier molecular flexibility index (Phi) is 10.5. The number of aliphatic hydroxyl groups excluding tert-OH is 1. The molecule has 11 nitrogen and oxygen atoms in total. The van der Waals surface area contributed by atoms with Crippen LogP contribution in [0.2, 0.25) is 10.0 Å². The summed E-state index contributed by atoms with van der Waals surface area (Å²) in [6.07, 6.45) is -1.31. The van der Waals surface area contributed by atoms with Crippen LogP contribution in [0.1, 0.15) is 47.1 Å². The minimum Gasteiger partial charge on any atom is -0.427 e. The lowest BCUT2D eigenvalue weighted by Gasteiger charge is -2.40. The first-order chi connectivity index (χ1) is 21.6. The summed E-state index contributed by atoms with van der Waals surface area (Å²) < 4.78 is 10.3. The van der Waals surface area contributed by atoms with Gasteiger partial charge >= 0.3 is 11.9 Å². The third-order valence-corrected chi connectivity index (χ3v) is 7.97. The molecular formula is C33H36Cl2N4O7. The Labute approximate surface area is 277 Å². The number of carbonyl (C=O) groups is 4. The molecule has 1 unspecified atom stereocenters. The summed E-state index contributed by atoms with van der Waals surface area (Å²) in [4.78, 5) is 56.8. The summed E-state index contributed by atoms with van der Waals surface area (Å²) >= 11 is 12.4. The van der Waals surface area contributed by atoms with Crippen molar-refractivity contribution in [3.05, 3.63) is 87.4 Å². The Bertz CT molecular complexity index is 1620. The lowest BCUT2D eigenvalue weighted by atomic mass is 9.98. The van der Waals surface area contributed by atoms with Gasteiger partial charge in [0.15, 0.2) is 0 Å². The number of benzene rings is 3. The first-order valence-corrected chi connectivity index (χ1v) is 15.1. The number of carbonyl (C=O) groups excluding carboxylic acids is 4. The van der Waals surface area contributed by atoms with E-state index >= 15 is 0 Å². The van der Waals surface area contributed by atoms with Crippen molar-refractivity contribution in [2.75, 3.05) is 42.6 Å². The molecular weight excluding hydrogens is 635 g/mol. The number of nitrogens with zero attached hydrogens (tertiary/aromatic N) is 3. The summed E-state index contributed by atoms with van der Waals surface area (Å²) in [6.45, 7) is 4.33. The van der Waals surface area contributed by atoms with Gasteiger partial charge in [0, 0.05) is 38.9 Å². The molecule has 0 saturated heterocycles. The summed E-state index contributed by atoms with van der Waals surface area (Å²) in [5.74, 6) is -2.52. The Hall–Kier alpha value is -4.32. The van der Waals surface area contributed by atoms with Crippen LogP contribution in [0, 0.1) is 5.41 Å². The zero-order valence-corrected chi connectivity index (χ0v) is 27.8. The maximum absolute atomic E-state index is 13.6. The highest BCUT2D eigenvalue weighted by atomic mass is 35.5. The highest BCUT2D eigenvalue weighted by molar-refractivity contribution is 6.39. The van der Waals surface area contributed by atoms with Gasteiger partial charge in [0.2, 0.25) is 13.1 Å². The van der Waals surface area contributed by atoms with E-state index in [0.29, 0.717) is 22.5 Å². The van der Waals surface area contributed by atoms with Crippen LogP contribution in [0.4, 0.5) is 17.1 Å². The van der Waals surface area contributed by atoms with Crippen molar-refractivity contribution >= 4 is 64.0 Å². The number of halogens is 2. The van der Waals surface area contributed by atoms with Crippen molar-refractivity contribution < 1.29 is 33.8 Å². The highest BCUT2D eigenvalue weighted by Crippen LogP contribution is 2.35. The van der Waals surface area contributed by atoms with E-state index in [1.165, 1.54) is 17.0 Å². The number of nitrogens with one attached hydrogen (secondary N) is 1. The third kappa shape index (κ3) is 7.55. The molecule has 46 heavy (non-hydrogen) atoms. The Morgan fingerprint density at radius 2 is 1.63 bits per heavy atom. The fourth-order valence-corrected chi connectivity index (χ4v) is 5.26. The molecule has 0 bridgehead atoms. The summed E-state index contributed by atoms with van der Waals surface area (Å²) in [6, 6.07) is 15.4. The SMILES string of the molecule is CN(C)c1ccc2c(c1)C(=O)N(c1ccc(C[C@H](NC(=O)c3c(Cl)cccc3Cl)C(=O)OCOC(=O)C(C)(C)C)cc1)C(O)N2C. The maximum atomic E-state index is 13.6. The van der Waals surface area contributed by atoms with Gasteiger partial charge in [-0.2, -0.15) is 0 Å². The van der Waals surface area contributed by atoms with Crippen molar-refractivity contribution in [1.82, 2.24) is 5.32 Å². The smallest absolute Gasteiger partial charge is 0.331 e. The number of esters is 2. The van der Waals surface area contributed by atoms with Crippen LogP contribution in [0.5, 0.6) is 0 Å². The first-order valence-electron chi connectivity index (χ1n) is 14.3. The fourth-order valence-electron chi connectivity index (χ4n) is 4.69. The number of anilines is 3. The van der Waals surface area contributed by atoms with E-state index in [1.807, 2.05) is 25.1 Å². The second kappa shape index (κ2) is 14.0. The van der Waals surface area contributed by atoms with Crippen LogP contribution in [-0.4, -0.2) is 69.2 Å². The van der Waals surface area contributed by atoms with Crippen molar-refractivity contribution in [2.45, 2.75) is 39.6 Å². The van der Waals surface area contributed by atoms with Crippen LogP contribution >= 0.6 is 23.2 Å². The molecule has 0 radical (unpaired) electrons. The molecule has 0 aromatic heterocycles. The topological polar surface area (TPSA) is 129 Å². The van der Waals surface area contributed by atoms with Crippen molar-refractivity contribution in [1.29, 1.82) is 0 Å². The standard InChI is InChI=1S/C33H36Cl2N4O7/c1-33(2,3)31(43)46-18-45-30(42)25(36-28(40)27-23(34)8-7-9-24(27)35)16-19-10-12-20(13-11-19)39-29(41)22-17-21(37(4)5)14-15-26(22)38(6)32(39)44/h7-15,17,25,32,44H,16,18H2,1-6H3,(H,36,40)/t25-,32?/m0/s1. The van der Waals surface area contributed by atoms with Gasteiger partial charge in [-0.15, -0.1) is 0 Å². The van der Waals surface area contributed by atoms with E-state index in [-0.39, 0.29) is 27.9 Å². The van der Waals surface area contributed by atoms with E-state index in [0.717, 1.165) is 5.69 Å². The fraction of sp³-hybridized carbons (Fsp3) is 0.333. The zero-order chi connectivity index (χ0) is 33.9. The molecule has 0 aliphatic carbocycles. The lowest BCUT2D eigenvalue weighted by Crippen LogP contribution is -2.54. The normalized spacial score (nSPS) is 15.2. The predicted molar refractivity (Wildman–Crippen MR) is 176 cm³/mol. The lowest BCUT2D eigenvalue weighted by molar-refractivity contribution is -0.174.